The van der Waals surface area contributed by atoms with Crippen LogP contribution in [0.3, 0.4) is 0 Å². The summed E-state index contributed by atoms with van der Waals surface area (Å²) in [7, 11) is 2.16. The highest BCUT2D eigenvalue weighted by Crippen LogP contribution is 2.17. The second kappa shape index (κ2) is 7.53. The maximum atomic E-state index is 4.62. The van der Waals surface area contributed by atoms with E-state index < -0.39 is 0 Å². The van der Waals surface area contributed by atoms with Crippen molar-refractivity contribution in [1.82, 2.24) is 24.6 Å². The van der Waals surface area contributed by atoms with Crippen molar-refractivity contribution in [3.05, 3.63) is 60.8 Å². The van der Waals surface area contributed by atoms with E-state index >= 15 is 0 Å². The number of pyridine rings is 2. The van der Waals surface area contributed by atoms with Gasteiger partial charge in [0, 0.05) is 44.8 Å². The lowest BCUT2D eigenvalue weighted by Crippen LogP contribution is -2.44. The number of anilines is 2. The predicted octanol–water partition coefficient (Wildman–Crippen LogP) is 2.03. The summed E-state index contributed by atoms with van der Waals surface area (Å²) in [6.07, 6.45) is 7.26. The van der Waals surface area contributed by atoms with Crippen molar-refractivity contribution in [2.75, 3.05) is 43.4 Å². The largest absolute Gasteiger partial charge is 0.378 e. The van der Waals surface area contributed by atoms with Crippen LogP contribution in [0.5, 0.6) is 0 Å². The van der Waals surface area contributed by atoms with Gasteiger partial charge in [-0.25, -0.2) is 9.67 Å². The minimum absolute atomic E-state index is 0.678. The molecular formula is C19H23N7. The molecule has 0 unspecified atom stereocenters. The molecule has 0 bridgehead atoms. The highest BCUT2D eigenvalue weighted by Gasteiger charge is 2.15. The van der Waals surface area contributed by atoms with Gasteiger partial charge < -0.3 is 15.1 Å². The molecule has 0 aliphatic carbocycles. The zero-order valence-corrected chi connectivity index (χ0v) is 14.9. The van der Waals surface area contributed by atoms with Crippen LogP contribution in [-0.4, -0.2) is 57.9 Å². The Kier molecular flexibility index (Phi) is 4.79. The first-order valence-electron chi connectivity index (χ1n) is 8.86. The minimum atomic E-state index is 0.678. The molecular weight excluding hydrogens is 326 g/mol. The molecule has 0 radical (unpaired) electrons. The molecule has 7 heteroatoms. The molecule has 26 heavy (non-hydrogen) atoms. The van der Waals surface area contributed by atoms with E-state index in [2.05, 4.69) is 49.4 Å². The summed E-state index contributed by atoms with van der Waals surface area (Å²) in [5.74, 6) is 1.05. The van der Waals surface area contributed by atoms with Gasteiger partial charge in [-0.05, 0) is 37.4 Å². The third-order valence-electron chi connectivity index (χ3n) is 4.68. The first-order valence-corrected chi connectivity index (χ1v) is 8.86. The van der Waals surface area contributed by atoms with Gasteiger partial charge in [0.25, 0.3) is 0 Å². The summed E-state index contributed by atoms with van der Waals surface area (Å²) in [6.45, 7) is 4.90. The Morgan fingerprint density at radius 3 is 2.50 bits per heavy atom. The van der Waals surface area contributed by atoms with Crippen LogP contribution in [0.2, 0.25) is 0 Å². The number of nitrogens with zero attached hydrogens (tertiary/aromatic N) is 6. The molecule has 1 N–H and O–H groups in total. The number of aromatic nitrogens is 4. The standard InChI is InChI=1S/C19H23N7/c1-24-10-12-25(13-11-24)19-3-2-16(14-22-19)21-15-18-6-9-23-26(18)17-4-7-20-8-5-17/h2-9,14,21H,10-13,15H2,1H3. The van der Waals surface area contributed by atoms with E-state index in [4.69, 9.17) is 0 Å². The molecule has 1 saturated heterocycles. The van der Waals surface area contributed by atoms with Crippen molar-refractivity contribution in [3.8, 4) is 5.69 Å². The molecule has 1 fully saturated rings. The Balaban J connectivity index is 1.39. The lowest BCUT2D eigenvalue weighted by atomic mass is 10.3. The molecule has 1 aliphatic heterocycles. The molecule has 0 amide bonds. The predicted molar refractivity (Wildman–Crippen MR) is 103 cm³/mol. The van der Waals surface area contributed by atoms with Gasteiger partial charge in [-0.15, -0.1) is 0 Å². The summed E-state index contributed by atoms with van der Waals surface area (Å²) < 4.78 is 1.92. The van der Waals surface area contributed by atoms with E-state index in [9.17, 15) is 0 Å². The van der Waals surface area contributed by atoms with Crippen LogP contribution in [0.15, 0.2) is 55.1 Å². The Morgan fingerprint density at radius 1 is 0.962 bits per heavy atom. The molecule has 0 saturated carbocycles. The fourth-order valence-corrected chi connectivity index (χ4v) is 3.09. The lowest BCUT2D eigenvalue weighted by Gasteiger charge is -2.33. The van der Waals surface area contributed by atoms with Gasteiger partial charge in [0.2, 0.25) is 0 Å². The van der Waals surface area contributed by atoms with Gasteiger partial charge in [0.05, 0.1) is 29.8 Å². The first-order chi connectivity index (χ1) is 12.8. The molecule has 1 aliphatic rings. The maximum Gasteiger partial charge on any atom is 0.128 e. The number of nitrogens with one attached hydrogen (secondary N) is 1. The zero-order chi connectivity index (χ0) is 17.8. The van der Waals surface area contributed by atoms with Gasteiger partial charge in [-0.2, -0.15) is 5.10 Å². The summed E-state index contributed by atoms with van der Waals surface area (Å²) >= 11 is 0. The van der Waals surface area contributed by atoms with Crippen LogP contribution < -0.4 is 10.2 Å². The fraction of sp³-hybridized carbons (Fsp3) is 0.316. The van der Waals surface area contributed by atoms with Crippen LogP contribution in [-0.2, 0) is 6.54 Å². The van der Waals surface area contributed by atoms with Crippen LogP contribution >= 0.6 is 0 Å². The van der Waals surface area contributed by atoms with E-state index in [0.29, 0.717) is 6.54 Å². The average Bonchev–Trinajstić information content (AvgIpc) is 3.17. The SMILES string of the molecule is CN1CCN(c2ccc(NCc3ccnn3-c3ccncc3)cn2)CC1. The molecule has 3 aromatic rings. The Bertz CT molecular complexity index is 821. The van der Waals surface area contributed by atoms with Crippen LogP contribution in [0.1, 0.15) is 5.69 Å². The lowest BCUT2D eigenvalue weighted by molar-refractivity contribution is 0.312. The van der Waals surface area contributed by atoms with Gasteiger partial charge in [0.15, 0.2) is 0 Å². The first kappa shape index (κ1) is 16.5. The van der Waals surface area contributed by atoms with Gasteiger partial charge >= 0.3 is 0 Å². The summed E-state index contributed by atoms with van der Waals surface area (Å²) in [5, 5.41) is 7.83. The quantitative estimate of drug-likeness (QED) is 0.760. The second-order valence-corrected chi connectivity index (χ2v) is 6.49. The molecule has 4 rings (SSSR count). The van der Waals surface area contributed by atoms with E-state index in [1.807, 2.05) is 35.3 Å². The van der Waals surface area contributed by atoms with Crippen molar-refractivity contribution in [3.63, 3.8) is 0 Å². The van der Waals surface area contributed by atoms with E-state index in [1.165, 1.54) is 0 Å². The smallest absolute Gasteiger partial charge is 0.128 e. The maximum absolute atomic E-state index is 4.62. The number of hydrogen-bond donors (Lipinski definition) is 1. The second-order valence-electron chi connectivity index (χ2n) is 6.49. The summed E-state index contributed by atoms with van der Waals surface area (Å²) in [5.41, 5.74) is 3.09. The van der Waals surface area contributed by atoms with Crippen LogP contribution in [0.25, 0.3) is 5.69 Å². The molecule has 134 valence electrons. The molecule has 4 heterocycles. The number of rotatable bonds is 5. The van der Waals surface area contributed by atoms with E-state index in [0.717, 1.165) is 49.1 Å². The Morgan fingerprint density at radius 2 is 1.77 bits per heavy atom. The summed E-state index contributed by atoms with van der Waals surface area (Å²) in [4.78, 5) is 13.4. The third kappa shape index (κ3) is 3.67. The molecule has 0 atom stereocenters. The van der Waals surface area contributed by atoms with Crippen molar-refractivity contribution < 1.29 is 0 Å². The van der Waals surface area contributed by atoms with Crippen molar-refractivity contribution in [2.24, 2.45) is 0 Å². The van der Waals surface area contributed by atoms with Gasteiger partial charge in [-0.1, -0.05) is 0 Å². The van der Waals surface area contributed by atoms with E-state index in [-0.39, 0.29) is 0 Å². The van der Waals surface area contributed by atoms with E-state index in [1.54, 1.807) is 12.4 Å². The van der Waals surface area contributed by atoms with Crippen molar-refractivity contribution >= 4 is 11.5 Å². The molecule has 0 aromatic carbocycles. The van der Waals surface area contributed by atoms with Crippen molar-refractivity contribution in [1.29, 1.82) is 0 Å². The monoisotopic (exact) mass is 349 g/mol. The molecule has 0 spiro atoms. The zero-order valence-electron chi connectivity index (χ0n) is 14.9. The average molecular weight is 349 g/mol. The Labute approximate surface area is 153 Å². The van der Waals surface area contributed by atoms with Crippen molar-refractivity contribution in [2.45, 2.75) is 6.54 Å². The summed E-state index contributed by atoms with van der Waals surface area (Å²) in [6, 6.07) is 10.1. The molecule has 3 aromatic heterocycles. The number of likely N-dealkylation sites (N-methyl/N-ethyl adjacent to an activating group) is 1. The third-order valence-corrected chi connectivity index (χ3v) is 4.68. The normalized spacial score (nSPS) is 15.2. The topological polar surface area (TPSA) is 62.1 Å². The highest BCUT2D eigenvalue weighted by molar-refractivity contribution is 5.49. The van der Waals surface area contributed by atoms with Crippen LogP contribution in [0, 0.1) is 0 Å². The highest BCUT2D eigenvalue weighted by atomic mass is 15.3. The number of hydrogen-bond acceptors (Lipinski definition) is 6. The van der Waals surface area contributed by atoms with Crippen LogP contribution in [0.4, 0.5) is 11.5 Å². The molecule has 7 nitrogen and oxygen atoms in total. The van der Waals surface area contributed by atoms with Gasteiger partial charge in [-0.3, -0.25) is 4.98 Å². The Hall–Kier alpha value is -2.93. The fourth-order valence-electron chi connectivity index (χ4n) is 3.09. The van der Waals surface area contributed by atoms with Gasteiger partial charge in [0.1, 0.15) is 5.82 Å². The minimum Gasteiger partial charge on any atom is -0.378 e. The number of piperazine rings is 1.